The van der Waals surface area contributed by atoms with Gasteiger partial charge >= 0.3 is 18.0 Å². The molecule has 2 rings (SSSR count). The summed E-state index contributed by atoms with van der Waals surface area (Å²) in [5.74, 6) is -0.814. The SMILES string of the molecule is CC(C)C(NC(=O)OCc1ccccc1)C(=O)Oc1ccc(CC(=O)OCI)cc1. The number of hydrogen-bond acceptors (Lipinski definition) is 6. The minimum absolute atomic E-state index is 0.105. The van der Waals surface area contributed by atoms with Crippen molar-refractivity contribution in [2.24, 2.45) is 5.92 Å². The average Bonchev–Trinajstić information content (AvgIpc) is 2.72. The molecule has 1 amide bonds. The number of nitrogens with one attached hydrogen (secondary N) is 1. The van der Waals surface area contributed by atoms with E-state index in [-0.39, 0.29) is 24.9 Å². The molecular weight excluding hydrogens is 501 g/mol. The molecule has 0 radical (unpaired) electrons. The van der Waals surface area contributed by atoms with Gasteiger partial charge in [-0.25, -0.2) is 9.59 Å². The van der Waals surface area contributed by atoms with Crippen LogP contribution in [0.25, 0.3) is 0 Å². The number of ether oxygens (including phenoxy) is 3. The molecule has 0 spiro atoms. The average molecular weight is 525 g/mol. The number of alkyl halides is 1. The van der Waals surface area contributed by atoms with E-state index < -0.39 is 18.1 Å². The second-order valence-corrected chi connectivity index (χ2v) is 7.42. The lowest BCUT2D eigenvalue weighted by atomic mass is 10.1. The number of carbonyl (C=O) groups is 3. The lowest BCUT2D eigenvalue weighted by molar-refractivity contribution is -0.140. The second-order valence-electron chi connectivity index (χ2n) is 6.80. The Morgan fingerprint density at radius 3 is 2.20 bits per heavy atom. The van der Waals surface area contributed by atoms with Gasteiger partial charge < -0.3 is 19.5 Å². The highest BCUT2D eigenvalue weighted by Crippen LogP contribution is 2.15. The predicted molar refractivity (Wildman–Crippen MR) is 119 cm³/mol. The Kier molecular flexibility index (Phi) is 9.59. The van der Waals surface area contributed by atoms with Gasteiger partial charge in [0.2, 0.25) is 0 Å². The molecule has 160 valence electrons. The largest absolute Gasteiger partial charge is 0.455 e. The molecule has 0 saturated heterocycles. The van der Waals surface area contributed by atoms with E-state index in [1.165, 1.54) is 0 Å². The van der Waals surface area contributed by atoms with Crippen LogP contribution in [0.2, 0.25) is 0 Å². The third-order valence-electron chi connectivity index (χ3n) is 4.11. The van der Waals surface area contributed by atoms with Crippen molar-refractivity contribution in [3.8, 4) is 5.75 Å². The van der Waals surface area contributed by atoms with Gasteiger partial charge in [-0.2, -0.15) is 0 Å². The number of hydrogen-bond donors (Lipinski definition) is 1. The standard InChI is InChI=1S/C22H24INO6/c1-15(2)20(24-22(27)28-13-17-6-4-3-5-7-17)21(26)30-18-10-8-16(9-11-18)12-19(25)29-14-23/h3-11,15,20H,12-14H2,1-2H3,(H,24,27). The molecule has 0 aliphatic carbocycles. The summed E-state index contributed by atoms with van der Waals surface area (Å²) in [4.78, 5) is 36.2. The number of alkyl carbamates (subject to hydrolysis) is 1. The van der Waals surface area contributed by atoms with Gasteiger partial charge in [-0.15, -0.1) is 0 Å². The number of halogens is 1. The van der Waals surface area contributed by atoms with Gasteiger partial charge in [0.25, 0.3) is 0 Å². The van der Waals surface area contributed by atoms with Gasteiger partial charge in [0.1, 0.15) is 23.0 Å². The van der Waals surface area contributed by atoms with Crippen LogP contribution in [0, 0.1) is 5.92 Å². The molecule has 0 heterocycles. The molecule has 7 nitrogen and oxygen atoms in total. The van der Waals surface area contributed by atoms with E-state index in [0.29, 0.717) is 10.4 Å². The summed E-state index contributed by atoms with van der Waals surface area (Å²) in [6.45, 7) is 3.70. The Balaban J connectivity index is 1.90. The summed E-state index contributed by atoms with van der Waals surface area (Å²) < 4.78 is 15.8. The van der Waals surface area contributed by atoms with Crippen LogP contribution >= 0.6 is 22.6 Å². The molecule has 0 bridgehead atoms. The fourth-order valence-corrected chi connectivity index (χ4v) is 2.87. The zero-order chi connectivity index (χ0) is 21.9. The topological polar surface area (TPSA) is 90.9 Å². The van der Waals surface area contributed by atoms with Gasteiger partial charge in [-0.1, -0.05) is 56.3 Å². The van der Waals surface area contributed by atoms with E-state index >= 15 is 0 Å². The first kappa shape index (κ1) is 23.7. The second kappa shape index (κ2) is 12.2. The van der Waals surface area contributed by atoms with Crippen molar-refractivity contribution >= 4 is 40.6 Å². The number of rotatable bonds is 9. The van der Waals surface area contributed by atoms with Crippen molar-refractivity contribution in [3.63, 3.8) is 0 Å². The molecule has 30 heavy (non-hydrogen) atoms. The van der Waals surface area contributed by atoms with Crippen molar-refractivity contribution in [3.05, 3.63) is 65.7 Å². The molecule has 2 aromatic carbocycles. The van der Waals surface area contributed by atoms with E-state index in [9.17, 15) is 14.4 Å². The van der Waals surface area contributed by atoms with Crippen LogP contribution in [0.1, 0.15) is 25.0 Å². The van der Waals surface area contributed by atoms with Crippen LogP contribution in [-0.4, -0.2) is 28.7 Å². The number of amides is 1. The van der Waals surface area contributed by atoms with Gasteiger partial charge in [0.15, 0.2) is 0 Å². The highest BCUT2D eigenvalue weighted by molar-refractivity contribution is 14.1. The van der Waals surface area contributed by atoms with Crippen LogP contribution in [0.15, 0.2) is 54.6 Å². The predicted octanol–water partition coefficient (Wildman–Crippen LogP) is 4.02. The third-order valence-corrected chi connectivity index (χ3v) is 4.42. The number of carbonyl (C=O) groups excluding carboxylic acids is 3. The van der Waals surface area contributed by atoms with Crippen LogP contribution in [0.3, 0.4) is 0 Å². The minimum Gasteiger partial charge on any atom is -0.455 e. The Morgan fingerprint density at radius 2 is 1.60 bits per heavy atom. The Hall–Kier alpha value is -2.62. The van der Waals surface area contributed by atoms with E-state index in [2.05, 4.69) is 5.32 Å². The summed E-state index contributed by atoms with van der Waals surface area (Å²) in [5, 5.41) is 2.56. The first-order valence-corrected chi connectivity index (χ1v) is 10.9. The fourth-order valence-electron chi connectivity index (χ4n) is 2.52. The first-order chi connectivity index (χ1) is 14.4. The van der Waals surface area contributed by atoms with Crippen molar-refractivity contribution in [1.29, 1.82) is 0 Å². The summed E-state index contributed by atoms with van der Waals surface area (Å²) in [6, 6.07) is 14.9. The molecule has 1 unspecified atom stereocenters. The highest BCUT2D eigenvalue weighted by atomic mass is 127. The molecule has 0 aromatic heterocycles. The first-order valence-electron chi connectivity index (χ1n) is 9.38. The monoisotopic (exact) mass is 525 g/mol. The molecular formula is C22H24INO6. The van der Waals surface area contributed by atoms with E-state index in [1.54, 1.807) is 38.1 Å². The maximum absolute atomic E-state index is 12.5. The Morgan fingerprint density at radius 1 is 0.933 bits per heavy atom. The molecule has 0 fully saturated rings. The summed E-state index contributed by atoms with van der Waals surface area (Å²) in [7, 11) is 0. The quantitative estimate of drug-likeness (QED) is 0.230. The minimum atomic E-state index is -0.869. The Labute approximate surface area is 189 Å². The molecule has 1 N–H and O–H groups in total. The third kappa shape index (κ3) is 8.02. The summed E-state index contributed by atoms with van der Waals surface area (Å²) in [5.41, 5.74) is 1.59. The zero-order valence-electron chi connectivity index (χ0n) is 16.8. The highest BCUT2D eigenvalue weighted by Gasteiger charge is 2.27. The van der Waals surface area contributed by atoms with Crippen molar-refractivity contribution in [2.45, 2.75) is 32.9 Å². The van der Waals surface area contributed by atoms with E-state index in [0.717, 1.165) is 11.1 Å². The molecule has 0 saturated carbocycles. The fraction of sp³-hybridized carbons (Fsp3) is 0.318. The Bertz CT molecular complexity index is 838. The summed E-state index contributed by atoms with van der Waals surface area (Å²) in [6.07, 6.45) is -0.556. The van der Waals surface area contributed by atoms with E-state index in [1.807, 2.05) is 52.9 Å². The maximum atomic E-state index is 12.5. The normalized spacial score (nSPS) is 11.5. The molecule has 1 atom stereocenters. The van der Waals surface area contributed by atoms with Crippen LogP contribution < -0.4 is 10.1 Å². The van der Waals surface area contributed by atoms with Gasteiger partial charge in [0, 0.05) is 0 Å². The van der Waals surface area contributed by atoms with Crippen molar-refractivity contribution < 1.29 is 28.6 Å². The van der Waals surface area contributed by atoms with Gasteiger partial charge in [0.05, 0.1) is 6.42 Å². The van der Waals surface area contributed by atoms with E-state index in [4.69, 9.17) is 14.2 Å². The lowest BCUT2D eigenvalue weighted by Gasteiger charge is -2.20. The zero-order valence-corrected chi connectivity index (χ0v) is 19.0. The molecule has 8 heteroatoms. The van der Waals surface area contributed by atoms with Crippen molar-refractivity contribution in [2.75, 3.05) is 4.61 Å². The molecule has 0 aliphatic rings. The van der Waals surface area contributed by atoms with Crippen molar-refractivity contribution in [1.82, 2.24) is 5.32 Å². The van der Waals surface area contributed by atoms with Crippen LogP contribution in [-0.2, 0) is 32.1 Å². The number of benzene rings is 2. The molecule has 0 aliphatic heterocycles. The van der Waals surface area contributed by atoms with Gasteiger partial charge in [-0.05, 0) is 51.8 Å². The van der Waals surface area contributed by atoms with Crippen LogP contribution in [0.4, 0.5) is 4.79 Å². The number of esters is 2. The van der Waals surface area contributed by atoms with Gasteiger partial charge in [-0.3, -0.25) is 4.79 Å². The smallest absolute Gasteiger partial charge is 0.408 e. The summed E-state index contributed by atoms with van der Waals surface area (Å²) >= 11 is 1.95. The van der Waals surface area contributed by atoms with Crippen LogP contribution in [0.5, 0.6) is 5.75 Å². The molecule has 2 aromatic rings. The maximum Gasteiger partial charge on any atom is 0.408 e. The lowest BCUT2D eigenvalue weighted by Crippen LogP contribution is -2.46.